The van der Waals surface area contributed by atoms with E-state index in [4.69, 9.17) is 0 Å². The maximum absolute atomic E-state index is 11.9. The van der Waals surface area contributed by atoms with Gasteiger partial charge >= 0.3 is 5.97 Å². The summed E-state index contributed by atoms with van der Waals surface area (Å²) in [5.74, 6) is -1.05. The van der Waals surface area contributed by atoms with Crippen molar-refractivity contribution >= 4 is 22.3 Å². The van der Waals surface area contributed by atoms with Crippen LogP contribution in [0.1, 0.15) is 16.1 Å². The average molecular weight is 288 g/mol. The highest BCUT2D eigenvalue weighted by molar-refractivity contribution is 7.19. The van der Waals surface area contributed by atoms with E-state index < -0.39 is 5.97 Å². The SMILES string of the molecule is Cc1nnc2sc(-c3ccccc3C(=O)O)nn2c1=O. The van der Waals surface area contributed by atoms with Crippen molar-refractivity contribution in [3.8, 4) is 10.6 Å². The van der Waals surface area contributed by atoms with Crippen LogP contribution in [0, 0.1) is 6.92 Å². The summed E-state index contributed by atoms with van der Waals surface area (Å²) < 4.78 is 1.14. The number of aromatic nitrogens is 4. The molecule has 1 N–H and O–H groups in total. The first-order chi connectivity index (χ1) is 9.58. The van der Waals surface area contributed by atoms with Gasteiger partial charge < -0.3 is 5.11 Å². The highest BCUT2D eigenvalue weighted by Crippen LogP contribution is 2.27. The number of carbonyl (C=O) groups is 1. The number of hydrogen-bond donors (Lipinski definition) is 1. The number of aromatic carboxylic acids is 1. The quantitative estimate of drug-likeness (QED) is 0.761. The zero-order valence-corrected chi connectivity index (χ0v) is 11.1. The first kappa shape index (κ1) is 12.4. The molecule has 0 saturated carbocycles. The number of aryl methyl sites for hydroxylation is 1. The van der Waals surface area contributed by atoms with Crippen molar-refractivity contribution in [2.75, 3.05) is 0 Å². The predicted octanol–water partition coefficient (Wildman–Crippen LogP) is 1.22. The average Bonchev–Trinajstić information content (AvgIpc) is 2.88. The van der Waals surface area contributed by atoms with Gasteiger partial charge in [-0.3, -0.25) is 4.79 Å². The van der Waals surface area contributed by atoms with Crippen molar-refractivity contribution in [1.82, 2.24) is 19.8 Å². The molecule has 2 heterocycles. The van der Waals surface area contributed by atoms with Crippen LogP contribution < -0.4 is 5.56 Å². The molecule has 3 aromatic rings. The normalized spacial score (nSPS) is 10.8. The second kappa shape index (κ2) is 4.49. The molecule has 2 aromatic heterocycles. The highest BCUT2D eigenvalue weighted by Gasteiger charge is 2.16. The number of carboxylic acid groups (broad SMARTS) is 1. The summed E-state index contributed by atoms with van der Waals surface area (Å²) in [6.07, 6.45) is 0. The maximum atomic E-state index is 11.9. The molecule has 0 amide bonds. The Morgan fingerprint density at radius 2 is 2.05 bits per heavy atom. The minimum atomic E-state index is -1.05. The molecule has 0 aliphatic rings. The van der Waals surface area contributed by atoms with Crippen LogP contribution in [0.4, 0.5) is 0 Å². The Bertz CT molecular complexity index is 884. The Morgan fingerprint density at radius 1 is 1.30 bits per heavy atom. The maximum Gasteiger partial charge on any atom is 0.336 e. The van der Waals surface area contributed by atoms with Crippen LogP contribution in [0.2, 0.25) is 0 Å². The van der Waals surface area contributed by atoms with Gasteiger partial charge in [0.05, 0.1) is 5.56 Å². The third-order valence-electron chi connectivity index (χ3n) is 2.74. The predicted molar refractivity (Wildman–Crippen MR) is 72.1 cm³/mol. The minimum Gasteiger partial charge on any atom is -0.478 e. The Kier molecular flexibility index (Phi) is 2.79. The van der Waals surface area contributed by atoms with Crippen molar-refractivity contribution in [3.05, 3.63) is 45.9 Å². The van der Waals surface area contributed by atoms with E-state index in [0.29, 0.717) is 15.5 Å². The van der Waals surface area contributed by atoms with Gasteiger partial charge in [0.1, 0.15) is 10.7 Å². The molecule has 0 saturated heterocycles. The smallest absolute Gasteiger partial charge is 0.336 e. The van der Waals surface area contributed by atoms with Crippen LogP contribution in [-0.4, -0.2) is 30.9 Å². The summed E-state index contributed by atoms with van der Waals surface area (Å²) in [5, 5.41) is 21.4. The van der Waals surface area contributed by atoms with Crippen LogP contribution in [0.15, 0.2) is 29.1 Å². The van der Waals surface area contributed by atoms with Gasteiger partial charge in [-0.1, -0.05) is 29.5 Å². The Balaban J connectivity index is 2.29. The molecule has 1 aromatic carbocycles. The molecule has 8 heteroatoms. The van der Waals surface area contributed by atoms with E-state index in [1.165, 1.54) is 6.07 Å². The lowest BCUT2D eigenvalue weighted by Gasteiger charge is -2.00. The number of rotatable bonds is 2. The summed E-state index contributed by atoms with van der Waals surface area (Å²) in [6, 6.07) is 6.49. The van der Waals surface area contributed by atoms with Crippen molar-refractivity contribution in [3.63, 3.8) is 0 Å². The van der Waals surface area contributed by atoms with Crippen molar-refractivity contribution < 1.29 is 9.90 Å². The first-order valence-corrected chi connectivity index (χ1v) is 6.45. The molecule has 3 rings (SSSR count). The molecule has 0 aliphatic heterocycles. The molecule has 0 bridgehead atoms. The van der Waals surface area contributed by atoms with E-state index in [2.05, 4.69) is 15.3 Å². The van der Waals surface area contributed by atoms with Crippen molar-refractivity contribution in [2.45, 2.75) is 6.92 Å². The van der Waals surface area contributed by atoms with Gasteiger partial charge in [-0.25, -0.2) is 4.79 Å². The van der Waals surface area contributed by atoms with Gasteiger partial charge in [-0.2, -0.15) is 9.61 Å². The van der Waals surface area contributed by atoms with Crippen LogP contribution >= 0.6 is 11.3 Å². The van der Waals surface area contributed by atoms with E-state index >= 15 is 0 Å². The van der Waals surface area contributed by atoms with Gasteiger partial charge in [0.25, 0.3) is 5.56 Å². The molecule has 7 nitrogen and oxygen atoms in total. The Morgan fingerprint density at radius 3 is 2.80 bits per heavy atom. The van der Waals surface area contributed by atoms with Gasteiger partial charge in [0, 0.05) is 5.56 Å². The topological polar surface area (TPSA) is 97.4 Å². The van der Waals surface area contributed by atoms with Crippen molar-refractivity contribution in [2.24, 2.45) is 0 Å². The van der Waals surface area contributed by atoms with E-state index in [-0.39, 0.29) is 16.8 Å². The molecule has 0 fully saturated rings. The number of hydrogen-bond acceptors (Lipinski definition) is 6. The molecule has 100 valence electrons. The van der Waals surface area contributed by atoms with Gasteiger partial charge in [-0.15, -0.1) is 10.2 Å². The summed E-state index contributed by atoms with van der Waals surface area (Å²) in [4.78, 5) is 23.4. The second-order valence-corrected chi connectivity index (χ2v) is 5.00. The molecular formula is C12H8N4O3S. The van der Waals surface area contributed by atoms with Crippen LogP contribution in [-0.2, 0) is 0 Å². The van der Waals surface area contributed by atoms with E-state index in [0.717, 1.165) is 15.9 Å². The number of carboxylic acids is 1. The van der Waals surface area contributed by atoms with Gasteiger partial charge in [-0.05, 0) is 13.0 Å². The monoisotopic (exact) mass is 288 g/mol. The molecule has 0 unspecified atom stereocenters. The first-order valence-electron chi connectivity index (χ1n) is 5.64. The lowest BCUT2D eigenvalue weighted by Crippen LogP contribution is -2.19. The van der Waals surface area contributed by atoms with Crippen LogP contribution in [0.5, 0.6) is 0 Å². The van der Waals surface area contributed by atoms with Crippen LogP contribution in [0.25, 0.3) is 15.5 Å². The molecule has 20 heavy (non-hydrogen) atoms. The largest absolute Gasteiger partial charge is 0.478 e. The van der Waals surface area contributed by atoms with Gasteiger partial charge in [0.15, 0.2) is 0 Å². The third kappa shape index (κ3) is 1.86. The summed E-state index contributed by atoms with van der Waals surface area (Å²) in [7, 11) is 0. The van der Waals surface area contributed by atoms with E-state index in [9.17, 15) is 14.7 Å². The Labute approximate surface area is 116 Å². The van der Waals surface area contributed by atoms with Gasteiger partial charge in [0.2, 0.25) is 4.96 Å². The molecular weight excluding hydrogens is 280 g/mol. The number of fused-ring (bicyclic) bond motifs is 1. The number of benzene rings is 1. The standard InChI is InChI=1S/C12H8N4O3S/c1-6-10(17)16-12(14-13-6)20-9(15-16)7-4-2-3-5-8(7)11(18)19/h2-5H,1H3,(H,18,19). The Hall–Kier alpha value is -2.61. The van der Waals surface area contributed by atoms with E-state index in [1.54, 1.807) is 25.1 Å². The van der Waals surface area contributed by atoms with E-state index in [1.807, 2.05) is 0 Å². The summed E-state index contributed by atoms with van der Waals surface area (Å²) in [5.41, 5.74) is 0.466. The second-order valence-electron chi connectivity index (χ2n) is 4.04. The lowest BCUT2D eigenvalue weighted by atomic mass is 10.1. The molecule has 0 radical (unpaired) electrons. The lowest BCUT2D eigenvalue weighted by molar-refractivity contribution is 0.0697. The molecule has 0 spiro atoms. The fourth-order valence-electron chi connectivity index (χ4n) is 1.76. The minimum absolute atomic E-state index is 0.129. The molecule has 0 aliphatic carbocycles. The number of nitrogens with zero attached hydrogens (tertiary/aromatic N) is 4. The summed E-state index contributed by atoms with van der Waals surface area (Å²) >= 11 is 1.12. The van der Waals surface area contributed by atoms with Crippen molar-refractivity contribution in [1.29, 1.82) is 0 Å². The third-order valence-corrected chi connectivity index (χ3v) is 3.67. The highest BCUT2D eigenvalue weighted by atomic mass is 32.1. The fourth-order valence-corrected chi connectivity index (χ4v) is 2.63. The zero-order valence-electron chi connectivity index (χ0n) is 10.3. The van der Waals surface area contributed by atoms with Crippen LogP contribution in [0.3, 0.4) is 0 Å². The zero-order chi connectivity index (χ0) is 14.3. The molecule has 0 atom stereocenters. The summed E-state index contributed by atoms with van der Waals surface area (Å²) in [6.45, 7) is 1.55. The fraction of sp³-hybridized carbons (Fsp3) is 0.0833.